The van der Waals surface area contributed by atoms with Crippen LogP contribution in [0, 0.1) is 0 Å². The summed E-state index contributed by atoms with van der Waals surface area (Å²) in [4.78, 5) is 11.2. The molecule has 0 aromatic rings. The van der Waals surface area contributed by atoms with E-state index >= 15 is 0 Å². The monoisotopic (exact) mass is 198 g/mol. The Morgan fingerprint density at radius 1 is 1.71 bits per heavy atom. The van der Waals surface area contributed by atoms with Crippen LogP contribution in [0.25, 0.3) is 0 Å². The topological polar surface area (TPSA) is 35.5 Å². The van der Waals surface area contributed by atoms with Crippen molar-refractivity contribution in [2.45, 2.75) is 45.3 Å². The van der Waals surface area contributed by atoms with Crippen LogP contribution < -0.4 is 0 Å². The van der Waals surface area contributed by atoms with Crippen molar-refractivity contribution in [3.8, 4) is 0 Å². The highest BCUT2D eigenvalue weighted by atomic mass is 16.5. The van der Waals surface area contributed by atoms with Crippen LogP contribution in [0.5, 0.6) is 0 Å². The van der Waals surface area contributed by atoms with Crippen LogP contribution in [0.1, 0.15) is 33.1 Å². The van der Waals surface area contributed by atoms with E-state index in [1.165, 1.54) is 0 Å². The van der Waals surface area contributed by atoms with Gasteiger partial charge in [-0.2, -0.15) is 0 Å². The summed E-state index contributed by atoms with van der Waals surface area (Å²) in [5, 5.41) is 0. The van der Waals surface area contributed by atoms with Crippen LogP contribution in [0.2, 0.25) is 0 Å². The predicted octanol–water partition coefficient (Wildman–Crippen LogP) is 2.06. The summed E-state index contributed by atoms with van der Waals surface area (Å²) < 4.78 is 10.5. The highest BCUT2D eigenvalue weighted by Gasteiger charge is 2.24. The lowest BCUT2D eigenvalue weighted by Gasteiger charge is -2.29. The molecule has 0 radical (unpaired) electrons. The molecule has 0 aromatic heterocycles. The molecule has 0 aromatic carbocycles. The zero-order chi connectivity index (χ0) is 10.6. The minimum Gasteiger partial charge on any atom is -0.459 e. The fourth-order valence-electron chi connectivity index (χ4n) is 1.31. The summed E-state index contributed by atoms with van der Waals surface area (Å²) in [6.07, 6.45) is 3.00. The van der Waals surface area contributed by atoms with Crippen LogP contribution in [0.3, 0.4) is 0 Å². The molecule has 1 saturated heterocycles. The molecular formula is C11H18O3. The molecular weight excluding hydrogens is 180 g/mol. The summed E-state index contributed by atoms with van der Waals surface area (Å²) >= 11 is 0. The van der Waals surface area contributed by atoms with E-state index < -0.39 is 0 Å². The van der Waals surface area contributed by atoms with E-state index in [0.29, 0.717) is 5.57 Å². The summed E-state index contributed by atoms with van der Waals surface area (Å²) in [6, 6.07) is 0. The molecule has 2 atom stereocenters. The molecule has 1 heterocycles. The summed E-state index contributed by atoms with van der Waals surface area (Å²) in [6.45, 7) is 8.06. The van der Waals surface area contributed by atoms with Gasteiger partial charge in [0.2, 0.25) is 0 Å². The maximum Gasteiger partial charge on any atom is 0.333 e. The van der Waals surface area contributed by atoms with Gasteiger partial charge in [0.1, 0.15) is 6.10 Å². The van der Waals surface area contributed by atoms with Crippen LogP contribution in [-0.4, -0.2) is 24.8 Å². The van der Waals surface area contributed by atoms with E-state index in [9.17, 15) is 4.79 Å². The summed E-state index contributed by atoms with van der Waals surface area (Å²) in [7, 11) is 0. The Morgan fingerprint density at radius 2 is 2.36 bits per heavy atom. The van der Waals surface area contributed by atoms with Crippen LogP contribution in [0.15, 0.2) is 12.2 Å². The SMILES string of the molecule is C=C(C)C(=O)OC(CC)CC1CCO1. The standard InChI is InChI=1S/C11H18O3/c1-4-9(7-10-5-6-13-10)14-11(12)8(2)3/h9-10H,2,4-7H2,1,3H3. The molecule has 80 valence electrons. The molecule has 1 aliphatic rings. The molecule has 1 aliphatic heterocycles. The Balaban J connectivity index is 2.29. The van der Waals surface area contributed by atoms with Gasteiger partial charge in [0.05, 0.1) is 6.10 Å². The van der Waals surface area contributed by atoms with Gasteiger partial charge in [-0.25, -0.2) is 4.79 Å². The van der Waals surface area contributed by atoms with Gasteiger partial charge in [-0.3, -0.25) is 0 Å². The van der Waals surface area contributed by atoms with E-state index in [2.05, 4.69) is 6.58 Å². The fourth-order valence-corrected chi connectivity index (χ4v) is 1.31. The lowest BCUT2D eigenvalue weighted by Crippen LogP contribution is -2.32. The molecule has 14 heavy (non-hydrogen) atoms. The highest BCUT2D eigenvalue weighted by molar-refractivity contribution is 5.87. The van der Waals surface area contributed by atoms with Gasteiger partial charge in [-0.05, 0) is 19.8 Å². The van der Waals surface area contributed by atoms with Gasteiger partial charge < -0.3 is 9.47 Å². The molecule has 0 saturated carbocycles. The number of esters is 1. The Morgan fingerprint density at radius 3 is 2.71 bits per heavy atom. The lowest BCUT2D eigenvalue weighted by atomic mass is 10.0. The first kappa shape index (κ1) is 11.2. The molecule has 0 spiro atoms. The van der Waals surface area contributed by atoms with Crippen molar-refractivity contribution in [2.24, 2.45) is 0 Å². The number of hydrogen-bond donors (Lipinski definition) is 0. The molecule has 2 unspecified atom stereocenters. The maximum atomic E-state index is 11.2. The molecule has 1 rings (SSSR count). The number of carbonyl (C=O) groups excluding carboxylic acids is 1. The molecule has 3 nitrogen and oxygen atoms in total. The van der Waals surface area contributed by atoms with Crippen molar-refractivity contribution < 1.29 is 14.3 Å². The van der Waals surface area contributed by atoms with E-state index in [1.54, 1.807) is 6.92 Å². The van der Waals surface area contributed by atoms with Gasteiger partial charge in [0.15, 0.2) is 0 Å². The van der Waals surface area contributed by atoms with Crippen molar-refractivity contribution in [3.63, 3.8) is 0 Å². The van der Waals surface area contributed by atoms with E-state index in [1.807, 2.05) is 6.92 Å². The average molecular weight is 198 g/mol. The molecule has 0 amide bonds. The van der Waals surface area contributed by atoms with Crippen LogP contribution >= 0.6 is 0 Å². The number of carbonyl (C=O) groups is 1. The third kappa shape index (κ3) is 3.14. The highest BCUT2D eigenvalue weighted by Crippen LogP contribution is 2.20. The largest absolute Gasteiger partial charge is 0.459 e. The fraction of sp³-hybridized carbons (Fsp3) is 0.727. The molecule has 0 N–H and O–H groups in total. The Labute approximate surface area is 85.1 Å². The normalized spacial score (nSPS) is 22.3. The zero-order valence-electron chi connectivity index (χ0n) is 8.91. The van der Waals surface area contributed by atoms with Gasteiger partial charge >= 0.3 is 5.97 Å². The molecule has 3 heteroatoms. The second-order valence-corrected chi connectivity index (χ2v) is 3.73. The number of ether oxygens (including phenoxy) is 2. The lowest BCUT2D eigenvalue weighted by molar-refractivity contribution is -0.149. The quantitative estimate of drug-likeness (QED) is 0.501. The first-order valence-electron chi connectivity index (χ1n) is 5.11. The van der Waals surface area contributed by atoms with Crippen molar-refractivity contribution in [1.29, 1.82) is 0 Å². The number of rotatable bonds is 5. The van der Waals surface area contributed by atoms with Gasteiger partial charge in [-0.1, -0.05) is 13.5 Å². The number of hydrogen-bond acceptors (Lipinski definition) is 3. The van der Waals surface area contributed by atoms with Crippen LogP contribution in [0.4, 0.5) is 0 Å². The first-order chi connectivity index (χ1) is 6.63. The third-order valence-corrected chi connectivity index (χ3v) is 2.40. The Hall–Kier alpha value is -0.830. The van der Waals surface area contributed by atoms with E-state index in [-0.39, 0.29) is 18.2 Å². The minimum absolute atomic E-state index is 0.0236. The van der Waals surface area contributed by atoms with Gasteiger partial charge in [-0.15, -0.1) is 0 Å². The van der Waals surface area contributed by atoms with Crippen molar-refractivity contribution in [3.05, 3.63) is 12.2 Å². The molecule has 0 aliphatic carbocycles. The third-order valence-electron chi connectivity index (χ3n) is 2.40. The maximum absolute atomic E-state index is 11.2. The van der Waals surface area contributed by atoms with E-state index in [4.69, 9.17) is 9.47 Å². The summed E-state index contributed by atoms with van der Waals surface area (Å²) in [5.74, 6) is -0.295. The second kappa shape index (κ2) is 5.15. The molecule has 0 bridgehead atoms. The van der Waals surface area contributed by atoms with Gasteiger partial charge in [0.25, 0.3) is 0 Å². The minimum atomic E-state index is -0.295. The Bertz CT molecular complexity index is 219. The predicted molar refractivity (Wildman–Crippen MR) is 54.0 cm³/mol. The summed E-state index contributed by atoms with van der Waals surface area (Å²) in [5.41, 5.74) is 0.456. The Kier molecular flexibility index (Phi) is 4.14. The smallest absolute Gasteiger partial charge is 0.333 e. The second-order valence-electron chi connectivity index (χ2n) is 3.73. The van der Waals surface area contributed by atoms with E-state index in [0.717, 1.165) is 25.9 Å². The van der Waals surface area contributed by atoms with Gasteiger partial charge in [0, 0.05) is 18.6 Å². The average Bonchev–Trinajstić information content (AvgIpc) is 2.08. The first-order valence-corrected chi connectivity index (χ1v) is 5.11. The van der Waals surface area contributed by atoms with Crippen molar-refractivity contribution in [2.75, 3.05) is 6.61 Å². The zero-order valence-corrected chi connectivity index (χ0v) is 8.91. The molecule has 1 fully saturated rings. The van der Waals surface area contributed by atoms with Crippen molar-refractivity contribution >= 4 is 5.97 Å². The van der Waals surface area contributed by atoms with Crippen molar-refractivity contribution in [1.82, 2.24) is 0 Å². The van der Waals surface area contributed by atoms with Crippen LogP contribution in [-0.2, 0) is 14.3 Å².